The summed E-state index contributed by atoms with van der Waals surface area (Å²) in [6, 6.07) is 10.7. The highest BCUT2D eigenvalue weighted by molar-refractivity contribution is 7.98. The number of nitrogens with zero attached hydrogens (tertiary/aromatic N) is 1. The van der Waals surface area contributed by atoms with Crippen LogP contribution in [0.25, 0.3) is 0 Å². The minimum absolute atomic E-state index is 0.0168. The van der Waals surface area contributed by atoms with Gasteiger partial charge >= 0.3 is 5.97 Å². The third-order valence-corrected chi connectivity index (χ3v) is 9.61. The van der Waals surface area contributed by atoms with Crippen molar-refractivity contribution < 1.29 is 32.2 Å². The van der Waals surface area contributed by atoms with Crippen LogP contribution in [0.1, 0.15) is 52.4 Å². The van der Waals surface area contributed by atoms with Crippen LogP contribution < -0.4 is 14.4 Å². The lowest BCUT2D eigenvalue weighted by molar-refractivity contribution is -0.134. The third-order valence-electron chi connectivity index (χ3n) is 6.86. The number of carboxylic acids is 1. The second kappa shape index (κ2) is 12.9. The Kier molecular flexibility index (Phi) is 10.1. The Bertz CT molecular complexity index is 1250. The number of unbranched alkanes of at least 4 members (excludes halogenated alkanes) is 2. The average Bonchev–Trinajstić information content (AvgIpc) is 3.00. The number of halogens is 1. The van der Waals surface area contributed by atoms with Crippen molar-refractivity contribution in [1.29, 1.82) is 0 Å². The Morgan fingerprint density at radius 1 is 1.16 bits per heavy atom. The van der Waals surface area contributed by atoms with Crippen LogP contribution in [0, 0.1) is 5.41 Å². The van der Waals surface area contributed by atoms with Crippen LogP contribution in [0.2, 0.25) is 0 Å². The van der Waals surface area contributed by atoms with Crippen LogP contribution in [0.5, 0.6) is 11.5 Å². The van der Waals surface area contributed by atoms with Gasteiger partial charge in [0, 0.05) is 23.7 Å². The largest absolute Gasteiger partial charge is 0.497 e. The van der Waals surface area contributed by atoms with Crippen molar-refractivity contribution in [3.8, 4) is 11.5 Å². The predicted octanol–water partition coefficient (Wildman–Crippen LogP) is 6.98. The molecule has 2 aromatic carbocycles. The van der Waals surface area contributed by atoms with Crippen LogP contribution in [-0.4, -0.2) is 45.2 Å². The molecular formula is C28H36FNO6S2. The van der Waals surface area contributed by atoms with Crippen molar-refractivity contribution in [3.05, 3.63) is 48.5 Å². The smallest absolute Gasteiger partial charge is 0.368 e. The van der Waals surface area contributed by atoms with Crippen LogP contribution >= 0.6 is 11.8 Å². The highest BCUT2D eigenvalue weighted by atomic mass is 32.2. The number of anilines is 2. The van der Waals surface area contributed by atoms with E-state index in [9.17, 15) is 17.6 Å². The van der Waals surface area contributed by atoms with Gasteiger partial charge in [-0.2, -0.15) is 4.39 Å². The summed E-state index contributed by atoms with van der Waals surface area (Å²) in [6.45, 7) is 4.73. The van der Waals surface area contributed by atoms with Crippen LogP contribution in [0.15, 0.2) is 58.3 Å². The molecule has 0 aromatic heterocycles. The molecule has 0 unspecified atom stereocenters. The van der Waals surface area contributed by atoms with Crippen molar-refractivity contribution in [3.63, 3.8) is 0 Å². The molecule has 3 rings (SSSR count). The maximum Gasteiger partial charge on any atom is 0.368 e. The topological polar surface area (TPSA) is 93.1 Å². The number of hydrogen-bond donors (Lipinski definition) is 1. The molecular weight excluding hydrogens is 529 g/mol. The second-order valence-corrected chi connectivity index (χ2v) is 12.4. The number of thioether (sulfide) groups is 1. The Balaban J connectivity index is 2.25. The molecule has 208 valence electrons. The summed E-state index contributed by atoms with van der Waals surface area (Å²) in [5.74, 6) is -2.48. The lowest BCUT2D eigenvalue weighted by Gasteiger charge is -2.37. The quantitative estimate of drug-likeness (QED) is 0.167. The molecule has 0 spiro atoms. The fourth-order valence-electron chi connectivity index (χ4n) is 4.88. The predicted molar refractivity (Wildman–Crippen MR) is 149 cm³/mol. The van der Waals surface area contributed by atoms with E-state index in [1.807, 2.05) is 24.3 Å². The molecule has 2 aromatic rings. The molecule has 0 saturated carbocycles. The standard InChI is InChI=1S/C28H36FNO6S2/c1-5-7-13-28(14-8-6-2)18-30(20-9-11-21(35-3)12-10-20)23-15-25(37-4)24(36-17-22(29)27(31)32)16-26(23)38(33,34)19-28/h9-12,15-17H,5-8,13-14,18-19H2,1-4H3,(H,31,32)/b22-17-. The molecule has 0 radical (unpaired) electrons. The molecule has 0 bridgehead atoms. The molecule has 1 aliphatic heterocycles. The lowest BCUT2D eigenvalue weighted by Crippen LogP contribution is -2.38. The SMILES string of the molecule is CCCCC1(CCCC)CN(c2ccc(OC)cc2)c2cc(SC)c(O/C=C(\F)C(=O)O)cc2S(=O)(=O)C1. The first-order valence-corrected chi connectivity index (χ1v) is 15.6. The Labute approximate surface area is 228 Å². The molecule has 0 amide bonds. The highest BCUT2D eigenvalue weighted by Gasteiger charge is 2.42. The van der Waals surface area contributed by atoms with Crippen LogP contribution in [-0.2, 0) is 14.6 Å². The number of rotatable bonds is 12. The molecule has 1 heterocycles. The van der Waals surface area contributed by atoms with Crippen molar-refractivity contribution in [2.75, 3.05) is 30.6 Å². The first-order valence-electron chi connectivity index (χ1n) is 12.7. The number of fused-ring (bicyclic) bond motifs is 1. The van der Waals surface area contributed by atoms with Crippen molar-refractivity contribution >= 4 is 38.9 Å². The van der Waals surface area contributed by atoms with Gasteiger partial charge in [0.15, 0.2) is 9.84 Å². The molecule has 38 heavy (non-hydrogen) atoms. The number of hydrogen-bond acceptors (Lipinski definition) is 7. The van der Waals surface area contributed by atoms with E-state index < -0.39 is 27.0 Å². The zero-order valence-corrected chi connectivity index (χ0v) is 24.0. The van der Waals surface area contributed by atoms with E-state index in [0.717, 1.165) is 44.2 Å². The van der Waals surface area contributed by atoms with E-state index in [1.165, 1.54) is 17.8 Å². The number of carbonyl (C=O) groups is 1. The summed E-state index contributed by atoms with van der Waals surface area (Å²) < 4.78 is 52.4. The van der Waals surface area contributed by atoms with E-state index in [2.05, 4.69) is 18.7 Å². The van der Waals surface area contributed by atoms with E-state index in [1.54, 1.807) is 19.4 Å². The van der Waals surface area contributed by atoms with Gasteiger partial charge < -0.3 is 19.5 Å². The Morgan fingerprint density at radius 3 is 2.32 bits per heavy atom. The normalized spacial score (nSPS) is 16.4. The van der Waals surface area contributed by atoms with Gasteiger partial charge in [-0.15, -0.1) is 11.8 Å². The van der Waals surface area contributed by atoms with Gasteiger partial charge in [0.2, 0.25) is 5.83 Å². The lowest BCUT2D eigenvalue weighted by atomic mass is 9.79. The summed E-state index contributed by atoms with van der Waals surface area (Å²) >= 11 is 1.30. The highest BCUT2D eigenvalue weighted by Crippen LogP contribution is 2.48. The zero-order valence-electron chi connectivity index (χ0n) is 22.3. The summed E-state index contributed by atoms with van der Waals surface area (Å²) in [4.78, 5) is 13.6. The van der Waals surface area contributed by atoms with E-state index in [-0.39, 0.29) is 16.4 Å². The summed E-state index contributed by atoms with van der Waals surface area (Å²) in [7, 11) is -2.19. The van der Waals surface area contributed by atoms with Gasteiger partial charge in [0.05, 0.1) is 28.3 Å². The molecule has 1 aliphatic rings. The summed E-state index contributed by atoms with van der Waals surface area (Å²) in [6.07, 6.45) is 7.57. The minimum Gasteiger partial charge on any atom is -0.497 e. The second-order valence-electron chi connectivity index (χ2n) is 9.61. The fourth-order valence-corrected chi connectivity index (χ4v) is 7.53. The summed E-state index contributed by atoms with van der Waals surface area (Å²) in [5.41, 5.74) is 0.878. The molecule has 10 heteroatoms. The number of ether oxygens (including phenoxy) is 2. The van der Waals surface area contributed by atoms with Gasteiger partial charge in [0.1, 0.15) is 17.8 Å². The van der Waals surface area contributed by atoms with Crippen LogP contribution in [0.4, 0.5) is 15.8 Å². The molecule has 0 atom stereocenters. The van der Waals surface area contributed by atoms with Gasteiger partial charge in [-0.1, -0.05) is 39.5 Å². The minimum atomic E-state index is -3.79. The monoisotopic (exact) mass is 565 g/mol. The summed E-state index contributed by atoms with van der Waals surface area (Å²) in [5, 5.41) is 8.86. The first kappa shape index (κ1) is 29.8. The number of methoxy groups -OCH3 is 1. The van der Waals surface area contributed by atoms with Crippen molar-refractivity contribution in [2.45, 2.75) is 62.2 Å². The van der Waals surface area contributed by atoms with Gasteiger partial charge in [-0.05, 0) is 49.4 Å². The molecule has 7 nitrogen and oxygen atoms in total. The van der Waals surface area contributed by atoms with E-state index >= 15 is 0 Å². The zero-order chi connectivity index (χ0) is 27.9. The Morgan fingerprint density at radius 2 is 1.79 bits per heavy atom. The van der Waals surface area contributed by atoms with Crippen molar-refractivity contribution in [2.24, 2.45) is 5.41 Å². The van der Waals surface area contributed by atoms with E-state index in [0.29, 0.717) is 29.1 Å². The number of carboxylic acid groups (broad SMARTS) is 1. The molecule has 1 N–H and O–H groups in total. The third kappa shape index (κ3) is 6.83. The van der Waals surface area contributed by atoms with E-state index in [4.69, 9.17) is 14.6 Å². The van der Waals surface area contributed by atoms with Gasteiger partial charge in [0.25, 0.3) is 0 Å². The average molecular weight is 566 g/mol. The molecule has 0 fully saturated rings. The van der Waals surface area contributed by atoms with Gasteiger partial charge in [-0.25, -0.2) is 13.2 Å². The maximum atomic E-state index is 14.0. The Hall–Kier alpha value is -2.72. The first-order chi connectivity index (χ1) is 18.1. The fraction of sp³-hybridized carbons (Fsp3) is 0.464. The number of sulfone groups is 1. The number of benzene rings is 2. The van der Waals surface area contributed by atoms with Crippen LogP contribution in [0.3, 0.4) is 0 Å². The van der Waals surface area contributed by atoms with Crippen molar-refractivity contribution in [1.82, 2.24) is 0 Å². The molecule has 0 aliphatic carbocycles. The number of aliphatic carboxylic acids is 1. The molecule has 0 saturated heterocycles. The van der Waals surface area contributed by atoms with Gasteiger partial charge in [-0.3, -0.25) is 0 Å². The maximum absolute atomic E-state index is 14.0.